The first-order valence-corrected chi connectivity index (χ1v) is 7.31. The Morgan fingerprint density at radius 3 is 2.70 bits per heavy atom. The lowest BCUT2D eigenvalue weighted by Crippen LogP contribution is -2.05. The van der Waals surface area contributed by atoms with E-state index >= 15 is 0 Å². The van der Waals surface area contributed by atoms with Gasteiger partial charge in [0.05, 0.1) is 4.92 Å². The molecule has 0 unspecified atom stereocenters. The third-order valence-corrected chi connectivity index (χ3v) is 3.97. The van der Waals surface area contributed by atoms with Crippen LogP contribution in [0, 0.1) is 10.1 Å². The summed E-state index contributed by atoms with van der Waals surface area (Å²) in [7, 11) is 0. The summed E-state index contributed by atoms with van der Waals surface area (Å²) < 4.78 is 0. The lowest BCUT2D eigenvalue weighted by Gasteiger charge is -2.02. The van der Waals surface area contributed by atoms with Crippen molar-refractivity contribution < 1.29 is 9.72 Å². The van der Waals surface area contributed by atoms with Crippen LogP contribution in [0.2, 0.25) is 0 Å². The molecule has 5 heteroatoms. The van der Waals surface area contributed by atoms with Gasteiger partial charge >= 0.3 is 0 Å². The number of nitro benzene ring substituents is 1. The van der Waals surface area contributed by atoms with Crippen molar-refractivity contribution >= 4 is 22.8 Å². The third-order valence-electron chi connectivity index (χ3n) is 3.03. The molecule has 0 radical (unpaired) electrons. The van der Waals surface area contributed by atoms with E-state index in [0.717, 1.165) is 12.8 Å². The van der Waals surface area contributed by atoms with Gasteiger partial charge in [0.15, 0.2) is 0 Å². The summed E-state index contributed by atoms with van der Waals surface area (Å²) in [5, 5.41) is 12.9. The molecule has 0 saturated heterocycles. The zero-order chi connectivity index (χ0) is 14.4. The van der Waals surface area contributed by atoms with E-state index in [9.17, 15) is 14.9 Å². The van der Waals surface area contributed by atoms with Crippen LogP contribution in [-0.2, 0) is 17.6 Å². The van der Waals surface area contributed by atoms with Crippen LogP contribution >= 0.6 is 11.3 Å². The van der Waals surface area contributed by atoms with Crippen molar-refractivity contribution in [2.45, 2.75) is 25.7 Å². The summed E-state index contributed by atoms with van der Waals surface area (Å²) in [6.45, 7) is 0. The predicted octanol–water partition coefficient (Wildman–Crippen LogP) is 3.79. The smallest absolute Gasteiger partial charge is 0.273 e. The lowest BCUT2D eigenvalue weighted by molar-refractivity contribution is -0.385. The van der Waals surface area contributed by atoms with Gasteiger partial charge in [0.1, 0.15) is 5.78 Å². The zero-order valence-corrected chi connectivity index (χ0v) is 11.8. The second kappa shape index (κ2) is 6.96. The van der Waals surface area contributed by atoms with Crippen molar-refractivity contribution in [2.24, 2.45) is 0 Å². The topological polar surface area (TPSA) is 60.2 Å². The van der Waals surface area contributed by atoms with E-state index in [2.05, 4.69) is 6.07 Å². The van der Waals surface area contributed by atoms with Gasteiger partial charge in [-0.3, -0.25) is 14.9 Å². The zero-order valence-electron chi connectivity index (χ0n) is 11.0. The minimum Gasteiger partial charge on any atom is -0.299 e. The van der Waals surface area contributed by atoms with E-state index in [1.54, 1.807) is 29.5 Å². The number of ketones is 1. The number of carbonyl (C=O) groups is 1. The van der Waals surface area contributed by atoms with Crippen molar-refractivity contribution in [1.82, 2.24) is 0 Å². The van der Waals surface area contributed by atoms with Crippen LogP contribution in [0.4, 0.5) is 5.69 Å². The van der Waals surface area contributed by atoms with Gasteiger partial charge in [-0.2, -0.15) is 0 Å². The molecule has 0 saturated carbocycles. The molecule has 2 aromatic rings. The standard InChI is InChI=1S/C15H15NO3S/c17-13(6-3-7-14-8-4-10-20-14)11-12-5-1-2-9-15(12)16(18)19/h1-2,4-5,8-10H,3,6-7,11H2. The van der Waals surface area contributed by atoms with E-state index in [0.29, 0.717) is 12.0 Å². The number of aryl methyl sites for hydroxylation is 1. The highest BCUT2D eigenvalue weighted by atomic mass is 32.1. The number of thiophene rings is 1. The minimum absolute atomic E-state index is 0.0270. The van der Waals surface area contributed by atoms with E-state index in [1.807, 2.05) is 11.4 Å². The molecule has 0 aliphatic heterocycles. The molecule has 0 spiro atoms. The van der Waals surface area contributed by atoms with Crippen LogP contribution in [0.1, 0.15) is 23.3 Å². The van der Waals surface area contributed by atoms with E-state index in [-0.39, 0.29) is 17.9 Å². The van der Waals surface area contributed by atoms with E-state index in [4.69, 9.17) is 0 Å². The summed E-state index contributed by atoms with van der Waals surface area (Å²) in [6.07, 6.45) is 2.28. The van der Waals surface area contributed by atoms with Gasteiger partial charge in [0, 0.05) is 29.3 Å². The average Bonchev–Trinajstić information content (AvgIpc) is 2.92. The maximum atomic E-state index is 11.9. The number of benzene rings is 1. The van der Waals surface area contributed by atoms with Crippen molar-refractivity contribution in [1.29, 1.82) is 0 Å². The number of hydrogen-bond donors (Lipinski definition) is 0. The Balaban J connectivity index is 1.87. The number of rotatable bonds is 7. The summed E-state index contributed by atoms with van der Waals surface area (Å²) in [5.74, 6) is 0.0517. The fourth-order valence-corrected chi connectivity index (χ4v) is 2.81. The Labute approximate surface area is 121 Å². The highest BCUT2D eigenvalue weighted by Gasteiger charge is 2.15. The first-order chi connectivity index (χ1) is 9.66. The molecule has 20 heavy (non-hydrogen) atoms. The molecule has 0 N–H and O–H groups in total. The number of carbonyl (C=O) groups excluding carboxylic acids is 1. The summed E-state index contributed by atoms with van der Waals surface area (Å²) >= 11 is 1.68. The van der Waals surface area contributed by atoms with Gasteiger partial charge in [0.2, 0.25) is 0 Å². The maximum Gasteiger partial charge on any atom is 0.273 e. The Morgan fingerprint density at radius 2 is 2.00 bits per heavy atom. The minimum atomic E-state index is -0.436. The fraction of sp³-hybridized carbons (Fsp3) is 0.267. The van der Waals surface area contributed by atoms with Crippen LogP contribution in [0.15, 0.2) is 41.8 Å². The summed E-state index contributed by atoms with van der Waals surface area (Å²) in [5.41, 5.74) is 0.526. The molecule has 2 rings (SSSR count). The number of nitro groups is 1. The van der Waals surface area contributed by atoms with Crippen LogP contribution in [-0.4, -0.2) is 10.7 Å². The highest BCUT2D eigenvalue weighted by Crippen LogP contribution is 2.19. The maximum absolute atomic E-state index is 11.9. The van der Waals surface area contributed by atoms with Crippen molar-refractivity contribution in [3.63, 3.8) is 0 Å². The Bertz CT molecular complexity index is 593. The molecule has 0 aliphatic rings. The third kappa shape index (κ3) is 3.99. The molecule has 1 aromatic heterocycles. The second-order valence-electron chi connectivity index (χ2n) is 4.53. The number of nitrogens with zero attached hydrogens (tertiary/aromatic N) is 1. The van der Waals surface area contributed by atoms with Crippen molar-refractivity contribution in [3.05, 3.63) is 62.3 Å². The van der Waals surface area contributed by atoms with Crippen LogP contribution in [0.25, 0.3) is 0 Å². The fourth-order valence-electron chi connectivity index (χ4n) is 2.05. The molecule has 1 heterocycles. The molecular weight excluding hydrogens is 274 g/mol. The number of para-hydroxylation sites is 1. The first kappa shape index (κ1) is 14.4. The van der Waals surface area contributed by atoms with Gasteiger partial charge in [-0.05, 0) is 24.3 Å². The molecular formula is C15H15NO3S. The average molecular weight is 289 g/mol. The van der Waals surface area contributed by atoms with Gasteiger partial charge in [-0.1, -0.05) is 24.3 Å². The molecule has 104 valence electrons. The van der Waals surface area contributed by atoms with Gasteiger partial charge < -0.3 is 0 Å². The van der Waals surface area contributed by atoms with Gasteiger partial charge in [-0.15, -0.1) is 11.3 Å². The summed E-state index contributed by atoms with van der Waals surface area (Å²) in [6, 6.07) is 10.5. The van der Waals surface area contributed by atoms with Crippen molar-refractivity contribution in [3.8, 4) is 0 Å². The second-order valence-corrected chi connectivity index (χ2v) is 5.57. The Kier molecular flexibility index (Phi) is 5.01. The van der Waals surface area contributed by atoms with E-state index < -0.39 is 4.92 Å². The molecule has 0 amide bonds. The monoisotopic (exact) mass is 289 g/mol. The predicted molar refractivity (Wildman–Crippen MR) is 79.1 cm³/mol. The quantitative estimate of drug-likeness (QED) is 0.575. The molecule has 0 atom stereocenters. The summed E-state index contributed by atoms with van der Waals surface area (Å²) in [4.78, 5) is 23.6. The molecule has 0 bridgehead atoms. The number of Topliss-reactive ketones (excluding diaryl/α,β-unsaturated/α-hetero) is 1. The Morgan fingerprint density at radius 1 is 1.20 bits per heavy atom. The molecule has 0 aliphatic carbocycles. The van der Waals surface area contributed by atoms with Crippen LogP contribution in [0.5, 0.6) is 0 Å². The number of hydrogen-bond acceptors (Lipinski definition) is 4. The molecule has 0 fully saturated rings. The van der Waals surface area contributed by atoms with Crippen LogP contribution in [0.3, 0.4) is 0 Å². The van der Waals surface area contributed by atoms with Crippen molar-refractivity contribution in [2.75, 3.05) is 0 Å². The molecule has 4 nitrogen and oxygen atoms in total. The molecule has 1 aromatic carbocycles. The lowest BCUT2D eigenvalue weighted by atomic mass is 10.0. The Hall–Kier alpha value is -2.01. The SMILES string of the molecule is O=C(CCCc1cccs1)Cc1ccccc1[N+](=O)[O-]. The van der Waals surface area contributed by atoms with Gasteiger partial charge in [0.25, 0.3) is 5.69 Å². The highest BCUT2D eigenvalue weighted by molar-refractivity contribution is 7.09. The van der Waals surface area contributed by atoms with Crippen LogP contribution < -0.4 is 0 Å². The first-order valence-electron chi connectivity index (χ1n) is 6.43. The van der Waals surface area contributed by atoms with Gasteiger partial charge in [-0.25, -0.2) is 0 Å². The largest absolute Gasteiger partial charge is 0.299 e. The van der Waals surface area contributed by atoms with E-state index in [1.165, 1.54) is 10.9 Å². The normalized spacial score (nSPS) is 10.4.